The summed E-state index contributed by atoms with van der Waals surface area (Å²) in [6.07, 6.45) is 0. The second-order valence-corrected chi connectivity index (χ2v) is 6.21. The van der Waals surface area contributed by atoms with Crippen LogP contribution in [0.3, 0.4) is 0 Å². The van der Waals surface area contributed by atoms with Gasteiger partial charge in [0, 0.05) is 10.9 Å². The van der Waals surface area contributed by atoms with E-state index in [0.717, 1.165) is 8.66 Å². The summed E-state index contributed by atoms with van der Waals surface area (Å²) >= 11 is 4.83. The number of thiophene rings is 1. The number of rotatable bonds is 4. The van der Waals surface area contributed by atoms with Crippen molar-refractivity contribution in [2.45, 2.75) is 6.54 Å². The highest BCUT2D eigenvalue weighted by atomic mass is 79.9. The number of carbonyl (C=O) groups excluding carboxylic acids is 1. The van der Waals surface area contributed by atoms with Crippen LogP contribution in [0.2, 0.25) is 0 Å². The van der Waals surface area contributed by atoms with Crippen molar-refractivity contribution in [3.05, 3.63) is 60.7 Å². The molecule has 0 saturated heterocycles. The summed E-state index contributed by atoms with van der Waals surface area (Å²) in [4.78, 5) is 23.2. The van der Waals surface area contributed by atoms with E-state index in [1.807, 2.05) is 12.1 Å². The van der Waals surface area contributed by atoms with Gasteiger partial charge in [0.2, 0.25) is 0 Å². The Bertz CT molecular complexity index is 627. The molecule has 1 N–H and O–H groups in total. The number of benzene rings is 1. The normalized spacial score (nSPS) is 10.2. The maximum Gasteiger partial charge on any atom is 0.282 e. The lowest BCUT2D eigenvalue weighted by molar-refractivity contribution is -0.385. The highest BCUT2D eigenvalue weighted by molar-refractivity contribution is 9.11. The Morgan fingerprint density at radius 2 is 2.05 bits per heavy atom. The molecule has 2 aromatic rings. The fourth-order valence-electron chi connectivity index (χ4n) is 1.53. The number of carbonyl (C=O) groups is 1. The third-order valence-corrected chi connectivity index (χ3v) is 4.02. The molecule has 0 aliphatic rings. The molecule has 1 heterocycles. The molecule has 0 bridgehead atoms. The molecule has 1 aromatic heterocycles. The van der Waals surface area contributed by atoms with Crippen LogP contribution < -0.4 is 5.32 Å². The Morgan fingerprint density at radius 1 is 1.32 bits per heavy atom. The molecule has 5 nitrogen and oxygen atoms in total. The molecule has 0 spiro atoms. The molecule has 0 radical (unpaired) electrons. The van der Waals surface area contributed by atoms with E-state index in [9.17, 15) is 14.9 Å². The molecule has 0 fully saturated rings. The number of amides is 1. The van der Waals surface area contributed by atoms with Crippen molar-refractivity contribution in [2.24, 2.45) is 0 Å². The highest BCUT2D eigenvalue weighted by Crippen LogP contribution is 2.22. The summed E-state index contributed by atoms with van der Waals surface area (Å²) in [6, 6.07) is 9.66. The molecule has 0 saturated carbocycles. The van der Waals surface area contributed by atoms with Crippen molar-refractivity contribution in [1.82, 2.24) is 5.32 Å². The number of hydrogen-bond donors (Lipinski definition) is 1. The van der Waals surface area contributed by atoms with Gasteiger partial charge < -0.3 is 5.32 Å². The van der Waals surface area contributed by atoms with E-state index in [2.05, 4.69) is 21.2 Å². The van der Waals surface area contributed by atoms with Crippen LogP contribution in [0, 0.1) is 10.1 Å². The lowest BCUT2D eigenvalue weighted by Gasteiger charge is -2.04. The fraction of sp³-hybridized carbons (Fsp3) is 0.0833. The zero-order chi connectivity index (χ0) is 13.8. The molecule has 7 heteroatoms. The van der Waals surface area contributed by atoms with Gasteiger partial charge in [0.15, 0.2) is 0 Å². The van der Waals surface area contributed by atoms with Gasteiger partial charge in [-0.05, 0) is 34.1 Å². The van der Waals surface area contributed by atoms with Gasteiger partial charge in [0.1, 0.15) is 5.56 Å². The van der Waals surface area contributed by atoms with Gasteiger partial charge in [0.25, 0.3) is 11.6 Å². The minimum absolute atomic E-state index is 0.0723. The fourth-order valence-corrected chi connectivity index (χ4v) is 2.96. The van der Waals surface area contributed by atoms with Crippen molar-refractivity contribution < 1.29 is 9.72 Å². The van der Waals surface area contributed by atoms with Crippen LogP contribution in [0.4, 0.5) is 5.69 Å². The standard InChI is InChI=1S/C12H9BrN2O3S/c13-11-6-5-8(19-11)7-14-12(16)9-3-1-2-4-10(9)15(17)18/h1-6H,7H2,(H,14,16). The van der Waals surface area contributed by atoms with E-state index in [0.29, 0.717) is 6.54 Å². The van der Waals surface area contributed by atoms with Crippen LogP contribution >= 0.6 is 27.3 Å². The third kappa shape index (κ3) is 3.39. The Morgan fingerprint density at radius 3 is 2.68 bits per heavy atom. The van der Waals surface area contributed by atoms with E-state index in [1.165, 1.54) is 29.5 Å². The first-order valence-electron chi connectivity index (χ1n) is 5.34. The Hall–Kier alpha value is -1.73. The van der Waals surface area contributed by atoms with Crippen LogP contribution in [0.1, 0.15) is 15.2 Å². The van der Waals surface area contributed by atoms with Crippen LogP contribution in [0.5, 0.6) is 0 Å². The highest BCUT2D eigenvalue weighted by Gasteiger charge is 2.18. The molecule has 1 amide bonds. The van der Waals surface area contributed by atoms with Gasteiger partial charge in [-0.25, -0.2) is 0 Å². The SMILES string of the molecule is O=C(NCc1ccc(Br)s1)c1ccccc1[N+](=O)[O-]. The summed E-state index contributed by atoms with van der Waals surface area (Å²) in [7, 11) is 0. The molecular formula is C12H9BrN2O3S. The van der Waals surface area contributed by atoms with Crippen molar-refractivity contribution in [2.75, 3.05) is 0 Å². The van der Waals surface area contributed by atoms with E-state index >= 15 is 0 Å². The first-order valence-corrected chi connectivity index (χ1v) is 6.94. The maximum absolute atomic E-state index is 11.9. The molecule has 19 heavy (non-hydrogen) atoms. The smallest absolute Gasteiger partial charge is 0.282 e. The lowest BCUT2D eigenvalue weighted by Crippen LogP contribution is -2.23. The Labute approximate surface area is 121 Å². The molecule has 98 valence electrons. The molecule has 1 aromatic carbocycles. The summed E-state index contributed by atoms with van der Waals surface area (Å²) in [5, 5.41) is 13.5. The minimum Gasteiger partial charge on any atom is -0.347 e. The van der Waals surface area contributed by atoms with E-state index < -0.39 is 10.8 Å². The largest absolute Gasteiger partial charge is 0.347 e. The molecular weight excluding hydrogens is 332 g/mol. The number of halogens is 1. The first-order chi connectivity index (χ1) is 9.08. The van der Waals surface area contributed by atoms with E-state index in [1.54, 1.807) is 6.07 Å². The van der Waals surface area contributed by atoms with E-state index in [4.69, 9.17) is 0 Å². The predicted octanol–water partition coefficient (Wildman–Crippen LogP) is 3.35. The average molecular weight is 341 g/mol. The summed E-state index contributed by atoms with van der Waals surface area (Å²) in [5.74, 6) is -0.447. The van der Waals surface area contributed by atoms with Crippen molar-refractivity contribution in [3.8, 4) is 0 Å². The summed E-state index contributed by atoms with van der Waals surface area (Å²) in [5.41, 5.74) is -0.115. The van der Waals surface area contributed by atoms with Crippen LogP contribution in [0.15, 0.2) is 40.2 Å². The summed E-state index contributed by atoms with van der Waals surface area (Å²) in [6.45, 7) is 0.348. The van der Waals surface area contributed by atoms with Crippen molar-refractivity contribution >= 4 is 38.9 Å². The number of nitrogens with one attached hydrogen (secondary N) is 1. The second kappa shape index (κ2) is 5.94. The maximum atomic E-state index is 11.9. The van der Waals surface area contributed by atoms with Crippen molar-refractivity contribution in [3.63, 3.8) is 0 Å². The minimum atomic E-state index is -0.559. The van der Waals surface area contributed by atoms with Gasteiger partial charge >= 0.3 is 0 Å². The average Bonchev–Trinajstić information content (AvgIpc) is 2.81. The van der Waals surface area contributed by atoms with Gasteiger partial charge in [-0.3, -0.25) is 14.9 Å². The number of hydrogen-bond acceptors (Lipinski definition) is 4. The third-order valence-electron chi connectivity index (χ3n) is 2.40. The van der Waals surface area contributed by atoms with E-state index in [-0.39, 0.29) is 11.3 Å². The second-order valence-electron chi connectivity index (χ2n) is 3.66. The lowest BCUT2D eigenvalue weighted by atomic mass is 10.1. The molecule has 0 atom stereocenters. The number of nitrogens with zero attached hydrogens (tertiary/aromatic N) is 1. The molecule has 2 rings (SSSR count). The van der Waals surface area contributed by atoms with Gasteiger partial charge in [-0.2, -0.15) is 0 Å². The monoisotopic (exact) mass is 340 g/mol. The van der Waals surface area contributed by atoms with Gasteiger partial charge in [-0.1, -0.05) is 12.1 Å². The van der Waals surface area contributed by atoms with Gasteiger partial charge in [0.05, 0.1) is 15.3 Å². The Kier molecular flexibility index (Phi) is 4.28. The molecule has 0 unspecified atom stereocenters. The number of nitro groups is 1. The number of para-hydroxylation sites is 1. The summed E-state index contributed by atoms with van der Waals surface area (Å²) < 4.78 is 0.974. The zero-order valence-electron chi connectivity index (χ0n) is 9.63. The van der Waals surface area contributed by atoms with Crippen LogP contribution in [-0.4, -0.2) is 10.8 Å². The first kappa shape index (κ1) is 13.7. The quantitative estimate of drug-likeness (QED) is 0.685. The van der Waals surface area contributed by atoms with Crippen LogP contribution in [-0.2, 0) is 6.54 Å². The van der Waals surface area contributed by atoms with Crippen LogP contribution in [0.25, 0.3) is 0 Å². The molecule has 0 aliphatic heterocycles. The van der Waals surface area contributed by atoms with Gasteiger partial charge in [-0.15, -0.1) is 11.3 Å². The zero-order valence-corrected chi connectivity index (χ0v) is 12.0. The molecule has 0 aliphatic carbocycles. The predicted molar refractivity (Wildman–Crippen MR) is 76.3 cm³/mol. The topological polar surface area (TPSA) is 72.2 Å². The Balaban J connectivity index is 2.10. The number of nitro benzene ring substituents is 1. The van der Waals surface area contributed by atoms with Crippen molar-refractivity contribution in [1.29, 1.82) is 0 Å².